The van der Waals surface area contributed by atoms with Gasteiger partial charge in [-0.2, -0.15) is 4.74 Å². The van der Waals surface area contributed by atoms with E-state index in [4.69, 9.17) is 18.1 Å². The second kappa shape index (κ2) is 5.64. The van der Waals surface area contributed by atoms with Crippen LogP contribution >= 0.6 is 15.2 Å². The molecule has 0 aromatic rings. The second-order valence-electron chi connectivity index (χ2n) is 4.23. The van der Waals surface area contributed by atoms with E-state index in [1.54, 1.807) is 0 Å². The predicted octanol–water partition coefficient (Wildman–Crippen LogP) is 2.03. The van der Waals surface area contributed by atoms with E-state index < -0.39 is 26.1 Å². The van der Waals surface area contributed by atoms with Gasteiger partial charge >= 0.3 is 15.2 Å². The van der Waals surface area contributed by atoms with Crippen LogP contribution in [-0.2, 0) is 27.2 Å². The van der Waals surface area contributed by atoms with Crippen LogP contribution in [-0.4, -0.2) is 50.3 Å². The van der Waals surface area contributed by atoms with E-state index in [1.807, 2.05) is 0 Å². The van der Waals surface area contributed by atoms with Crippen molar-refractivity contribution < 1.29 is 32.0 Å². The van der Waals surface area contributed by atoms with Crippen LogP contribution in [0.4, 0.5) is 0 Å². The average Bonchev–Trinajstić information content (AvgIpc) is 2.74. The summed E-state index contributed by atoms with van der Waals surface area (Å²) in [7, 11) is -2.28. The Kier molecular flexibility index (Phi) is 4.99. The fraction of sp³-hybridized carbons (Fsp3) is 0.889. The van der Waals surface area contributed by atoms with E-state index >= 15 is 0 Å². The molecule has 0 fully saturated rings. The molecule has 0 saturated heterocycles. The molecule has 1 aliphatic heterocycles. The molecular formula is C9H19NO7P2. The molecule has 10 heteroatoms. The van der Waals surface area contributed by atoms with E-state index in [1.165, 1.54) is 35.4 Å². The third kappa shape index (κ3) is 2.53. The average molecular weight is 315 g/mol. The summed E-state index contributed by atoms with van der Waals surface area (Å²) in [5.74, 6) is 0. The molecule has 0 amide bonds. The van der Waals surface area contributed by atoms with Crippen LogP contribution in [0.25, 0.3) is 0 Å². The zero-order valence-electron chi connectivity index (χ0n) is 11.6. The number of nitrogens with zero attached hydrogens (tertiary/aromatic N) is 1. The summed E-state index contributed by atoms with van der Waals surface area (Å²) in [6.07, 6.45) is 1.12. The highest BCUT2D eigenvalue weighted by Gasteiger charge is 2.62. The first-order valence-electron chi connectivity index (χ1n) is 5.47. The largest absolute Gasteiger partial charge is 0.623 e. The maximum absolute atomic E-state index is 12.5. The Morgan fingerprint density at radius 2 is 1.63 bits per heavy atom. The number of hydrogen-bond acceptors (Lipinski definition) is 7. The van der Waals surface area contributed by atoms with Crippen molar-refractivity contribution in [3.8, 4) is 0 Å². The first-order chi connectivity index (χ1) is 8.73. The van der Waals surface area contributed by atoms with Crippen molar-refractivity contribution in [2.75, 3.05) is 28.4 Å². The molecule has 0 spiro atoms. The summed E-state index contributed by atoms with van der Waals surface area (Å²) >= 11 is 0. The molecule has 0 bridgehead atoms. The monoisotopic (exact) mass is 315 g/mol. The van der Waals surface area contributed by atoms with Crippen LogP contribution in [0.1, 0.15) is 13.3 Å². The normalized spacial score (nSPS) is 28.5. The van der Waals surface area contributed by atoms with Crippen LogP contribution < -0.4 is 0 Å². The molecule has 2 atom stereocenters. The summed E-state index contributed by atoms with van der Waals surface area (Å²) in [6.45, 7) is 1.43. The van der Waals surface area contributed by atoms with Crippen molar-refractivity contribution in [2.45, 2.75) is 24.3 Å². The maximum atomic E-state index is 12.5. The van der Waals surface area contributed by atoms with Crippen LogP contribution in [0.15, 0.2) is 0 Å². The SMILES string of the molecule is COP(=O)(OC)C1C=[N+]([O-])C(C)(P(=O)(OC)OC)C1. The Morgan fingerprint density at radius 3 is 2.00 bits per heavy atom. The minimum absolute atomic E-state index is 0.0194. The summed E-state index contributed by atoms with van der Waals surface area (Å²) < 4.78 is 44.6. The Labute approximate surface area is 112 Å². The minimum atomic E-state index is -3.67. The van der Waals surface area contributed by atoms with Crippen LogP contribution in [0.3, 0.4) is 0 Å². The van der Waals surface area contributed by atoms with E-state index in [0.29, 0.717) is 4.74 Å². The Morgan fingerprint density at radius 1 is 1.16 bits per heavy atom. The Hall–Kier alpha value is -0.230. The molecular weight excluding hydrogens is 296 g/mol. The van der Waals surface area contributed by atoms with Gasteiger partial charge in [-0.05, 0) is 0 Å². The van der Waals surface area contributed by atoms with Gasteiger partial charge in [0.2, 0.25) is 0 Å². The van der Waals surface area contributed by atoms with Gasteiger partial charge in [0.25, 0.3) is 5.28 Å². The number of rotatable bonds is 6. The molecule has 8 nitrogen and oxygen atoms in total. The highest BCUT2D eigenvalue weighted by molar-refractivity contribution is 7.56. The lowest BCUT2D eigenvalue weighted by atomic mass is 10.2. The molecule has 0 radical (unpaired) electrons. The van der Waals surface area contributed by atoms with Gasteiger partial charge in [0.15, 0.2) is 6.21 Å². The van der Waals surface area contributed by atoms with Gasteiger partial charge in [0, 0.05) is 41.8 Å². The number of hydroxylamine groups is 1. The second-order valence-corrected chi connectivity index (χ2v) is 9.39. The zero-order valence-corrected chi connectivity index (χ0v) is 13.4. The Balaban J connectivity index is 3.17. The van der Waals surface area contributed by atoms with Gasteiger partial charge in [0.1, 0.15) is 5.66 Å². The summed E-state index contributed by atoms with van der Waals surface area (Å²) in [6, 6.07) is 0. The van der Waals surface area contributed by atoms with Crippen molar-refractivity contribution in [2.24, 2.45) is 0 Å². The van der Waals surface area contributed by atoms with Gasteiger partial charge in [-0.25, -0.2) is 0 Å². The van der Waals surface area contributed by atoms with Crippen molar-refractivity contribution in [3.05, 3.63) is 5.21 Å². The molecule has 0 saturated carbocycles. The van der Waals surface area contributed by atoms with Gasteiger partial charge in [0.05, 0.1) is 0 Å². The van der Waals surface area contributed by atoms with E-state index in [0.717, 1.165) is 6.21 Å². The molecule has 2 unspecified atom stereocenters. The molecule has 19 heavy (non-hydrogen) atoms. The third-order valence-corrected chi connectivity index (χ3v) is 8.03. The van der Waals surface area contributed by atoms with Crippen LogP contribution in [0.2, 0.25) is 0 Å². The molecule has 0 aromatic heterocycles. The number of hydrogen-bond donors (Lipinski definition) is 0. The van der Waals surface area contributed by atoms with Crippen molar-refractivity contribution in [3.63, 3.8) is 0 Å². The lowest BCUT2D eigenvalue weighted by Crippen LogP contribution is -2.33. The molecule has 1 aliphatic rings. The summed E-state index contributed by atoms with van der Waals surface area (Å²) in [4.78, 5) is 0. The fourth-order valence-electron chi connectivity index (χ4n) is 2.09. The molecule has 1 heterocycles. The molecule has 0 N–H and O–H groups in total. The smallest absolute Gasteiger partial charge is 0.401 e. The first kappa shape index (κ1) is 16.8. The van der Waals surface area contributed by atoms with Crippen molar-refractivity contribution in [1.82, 2.24) is 0 Å². The van der Waals surface area contributed by atoms with Crippen LogP contribution in [0.5, 0.6) is 0 Å². The quantitative estimate of drug-likeness (QED) is 0.420. The van der Waals surface area contributed by atoms with Gasteiger partial charge in [-0.3, -0.25) is 9.13 Å². The summed E-state index contributed by atoms with van der Waals surface area (Å²) in [5.41, 5.74) is -0.802. The molecule has 0 aliphatic carbocycles. The van der Waals surface area contributed by atoms with E-state index in [-0.39, 0.29) is 6.42 Å². The summed E-state index contributed by atoms with van der Waals surface area (Å²) in [5, 5.41) is 10.6. The van der Waals surface area contributed by atoms with Gasteiger partial charge < -0.3 is 23.3 Å². The molecule has 112 valence electrons. The van der Waals surface area contributed by atoms with Gasteiger partial charge in [-0.15, -0.1) is 0 Å². The molecule has 0 aromatic carbocycles. The standard InChI is InChI=1S/C9H19NO7P2/c1-9(19(13,16-4)17-5)6-8(7-10(9)11)18(12,14-2)15-3/h7-8H,6H2,1-5H3. The first-order valence-corrected chi connectivity index (χ1v) is 8.62. The van der Waals surface area contributed by atoms with Crippen LogP contribution in [0, 0.1) is 5.21 Å². The fourth-order valence-corrected chi connectivity index (χ4v) is 5.46. The minimum Gasteiger partial charge on any atom is -0.623 e. The van der Waals surface area contributed by atoms with Crippen molar-refractivity contribution in [1.29, 1.82) is 0 Å². The third-order valence-electron chi connectivity index (χ3n) is 3.36. The predicted molar refractivity (Wildman–Crippen MR) is 69.8 cm³/mol. The topological polar surface area (TPSA) is 97.1 Å². The highest BCUT2D eigenvalue weighted by Crippen LogP contribution is 2.66. The van der Waals surface area contributed by atoms with E-state index in [2.05, 4.69) is 0 Å². The highest BCUT2D eigenvalue weighted by atomic mass is 31.2. The lowest BCUT2D eigenvalue weighted by molar-refractivity contribution is -0.506. The Bertz CT molecular complexity index is 449. The maximum Gasteiger partial charge on any atom is 0.401 e. The van der Waals surface area contributed by atoms with Gasteiger partial charge in [-0.1, -0.05) is 0 Å². The zero-order chi connectivity index (χ0) is 14.9. The van der Waals surface area contributed by atoms with E-state index in [9.17, 15) is 14.3 Å². The molecule has 1 rings (SSSR count). The van der Waals surface area contributed by atoms with Crippen molar-refractivity contribution >= 4 is 21.4 Å². The lowest BCUT2D eigenvalue weighted by Gasteiger charge is -2.29.